The summed E-state index contributed by atoms with van der Waals surface area (Å²) in [6.07, 6.45) is 5.43. The largest absolute Gasteiger partial charge is 0.383 e. The molecule has 0 unspecified atom stereocenters. The van der Waals surface area contributed by atoms with Crippen molar-refractivity contribution < 1.29 is 0 Å². The first-order valence-electron chi connectivity index (χ1n) is 2.87. The lowest BCUT2D eigenvalue weighted by molar-refractivity contribution is 1.07. The smallest absolute Gasteiger partial charge is 0.137 e. The molecule has 10 heavy (non-hydrogen) atoms. The van der Waals surface area contributed by atoms with Gasteiger partial charge in [-0.05, 0) is 12.8 Å². The number of nitrogens with two attached hydrogens (primary N) is 1. The predicted molar refractivity (Wildman–Crippen MR) is 45.0 cm³/mol. The summed E-state index contributed by atoms with van der Waals surface area (Å²) in [5, 5.41) is 7.00. The fourth-order valence-electron chi connectivity index (χ4n) is 0.706. The summed E-state index contributed by atoms with van der Waals surface area (Å²) in [6.45, 7) is 0. The van der Waals surface area contributed by atoms with Gasteiger partial charge in [0.15, 0.2) is 0 Å². The van der Waals surface area contributed by atoms with Crippen LogP contribution in [0.2, 0.25) is 0 Å². The number of rotatable bonds is 1. The highest BCUT2D eigenvalue weighted by Crippen LogP contribution is 2.01. The van der Waals surface area contributed by atoms with Gasteiger partial charge in [-0.3, -0.25) is 10.4 Å². The molecule has 0 bridgehead atoms. The van der Waals surface area contributed by atoms with Gasteiger partial charge in [-0.1, -0.05) is 6.08 Å². The van der Waals surface area contributed by atoms with Crippen molar-refractivity contribution in [3.8, 4) is 0 Å². The number of aliphatic imine (C=N–C) groups is 1. The molecule has 0 aromatic rings. The van der Waals surface area contributed by atoms with Crippen molar-refractivity contribution in [3.05, 3.63) is 12.3 Å². The molecule has 0 aromatic heterocycles. The molecule has 1 aliphatic heterocycles. The molecular formula is C6H10ClN3. The Morgan fingerprint density at radius 3 is 2.70 bits per heavy atom. The molecule has 0 amide bonds. The molecule has 0 radical (unpaired) electrons. The van der Waals surface area contributed by atoms with E-state index in [1.165, 1.54) is 0 Å². The number of allylic oxidation sites excluding steroid dienone is 1. The van der Waals surface area contributed by atoms with Gasteiger partial charge in [-0.2, -0.15) is 0 Å². The van der Waals surface area contributed by atoms with E-state index >= 15 is 0 Å². The van der Waals surface area contributed by atoms with Crippen LogP contribution in [0.3, 0.4) is 0 Å². The maximum absolute atomic E-state index is 7.00. The molecule has 0 fully saturated rings. The van der Waals surface area contributed by atoms with Gasteiger partial charge in [0.05, 0.1) is 5.71 Å². The molecule has 4 heteroatoms. The molecule has 1 heterocycles. The van der Waals surface area contributed by atoms with Gasteiger partial charge in [0.2, 0.25) is 0 Å². The van der Waals surface area contributed by atoms with Crippen molar-refractivity contribution in [1.29, 1.82) is 5.41 Å². The monoisotopic (exact) mass is 159 g/mol. The maximum atomic E-state index is 7.00. The lowest BCUT2D eigenvalue weighted by atomic mass is 10.1. The quantitative estimate of drug-likeness (QED) is 0.437. The highest BCUT2D eigenvalue weighted by molar-refractivity contribution is 6.39. The minimum Gasteiger partial charge on any atom is -0.383 e. The summed E-state index contributed by atoms with van der Waals surface area (Å²) in [5.74, 6) is 0.0966. The molecule has 1 rings (SSSR count). The summed E-state index contributed by atoms with van der Waals surface area (Å²) in [6, 6.07) is 0. The fraction of sp³-hybridized carbons (Fsp3) is 0.333. The Hall–Kier alpha value is -0.830. The van der Waals surface area contributed by atoms with E-state index in [1.807, 2.05) is 6.08 Å². The van der Waals surface area contributed by atoms with Gasteiger partial charge >= 0.3 is 0 Å². The normalized spacial score (nSPS) is 15.4. The van der Waals surface area contributed by atoms with Crippen molar-refractivity contribution in [2.45, 2.75) is 12.8 Å². The summed E-state index contributed by atoms with van der Waals surface area (Å²) in [5.41, 5.74) is 5.89. The summed E-state index contributed by atoms with van der Waals surface area (Å²) >= 11 is 0. The second kappa shape index (κ2) is 4.06. The molecule has 0 aliphatic carbocycles. The van der Waals surface area contributed by atoms with Gasteiger partial charge < -0.3 is 5.73 Å². The molecule has 3 nitrogen and oxygen atoms in total. The summed E-state index contributed by atoms with van der Waals surface area (Å²) in [4.78, 5) is 3.92. The van der Waals surface area contributed by atoms with Crippen molar-refractivity contribution in [2.75, 3.05) is 0 Å². The van der Waals surface area contributed by atoms with Crippen LogP contribution in [0.4, 0.5) is 0 Å². The third kappa shape index (κ3) is 2.19. The average Bonchev–Trinajstić information content (AvgIpc) is 1.90. The molecule has 56 valence electrons. The number of hydrogen-bond donors (Lipinski definition) is 2. The van der Waals surface area contributed by atoms with Crippen LogP contribution in [0.15, 0.2) is 17.3 Å². The molecule has 0 aromatic carbocycles. The van der Waals surface area contributed by atoms with Crippen LogP contribution in [-0.2, 0) is 0 Å². The van der Waals surface area contributed by atoms with Gasteiger partial charge in [0, 0.05) is 6.20 Å². The van der Waals surface area contributed by atoms with E-state index in [9.17, 15) is 0 Å². The van der Waals surface area contributed by atoms with Crippen LogP contribution in [0.1, 0.15) is 12.8 Å². The van der Waals surface area contributed by atoms with Gasteiger partial charge in [0.25, 0.3) is 0 Å². The number of amidine groups is 1. The second-order valence-corrected chi connectivity index (χ2v) is 1.91. The molecule has 0 saturated heterocycles. The minimum atomic E-state index is 0. The van der Waals surface area contributed by atoms with E-state index in [4.69, 9.17) is 11.1 Å². The van der Waals surface area contributed by atoms with Crippen LogP contribution >= 0.6 is 12.4 Å². The average molecular weight is 160 g/mol. The van der Waals surface area contributed by atoms with Crippen molar-refractivity contribution in [3.63, 3.8) is 0 Å². The van der Waals surface area contributed by atoms with Crippen molar-refractivity contribution in [1.82, 2.24) is 0 Å². The number of halogens is 1. The number of nitrogens with zero attached hydrogens (tertiary/aromatic N) is 1. The van der Waals surface area contributed by atoms with Crippen LogP contribution < -0.4 is 5.73 Å². The van der Waals surface area contributed by atoms with Crippen LogP contribution in [-0.4, -0.2) is 11.5 Å². The summed E-state index contributed by atoms with van der Waals surface area (Å²) < 4.78 is 0. The zero-order chi connectivity index (χ0) is 6.69. The standard InChI is InChI=1S/C6H9N3.ClH/c7-6(8)5-3-1-2-4-9-5;/h2,4H,1,3H2,(H3,7,8);1H. The Morgan fingerprint density at radius 2 is 2.40 bits per heavy atom. The first-order chi connectivity index (χ1) is 4.30. The molecule has 0 spiro atoms. The highest BCUT2D eigenvalue weighted by Gasteiger charge is 2.02. The molecular weight excluding hydrogens is 150 g/mol. The number of hydrogen-bond acceptors (Lipinski definition) is 2. The van der Waals surface area contributed by atoms with Gasteiger partial charge in [-0.25, -0.2) is 0 Å². The minimum absolute atomic E-state index is 0. The summed E-state index contributed by atoms with van der Waals surface area (Å²) in [7, 11) is 0. The van der Waals surface area contributed by atoms with Crippen LogP contribution in [0.25, 0.3) is 0 Å². The second-order valence-electron chi connectivity index (χ2n) is 1.91. The molecule has 0 atom stereocenters. The Labute approximate surface area is 65.9 Å². The molecule has 3 N–H and O–H groups in total. The third-order valence-electron chi connectivity index (χ3n) is 1.19. The van der Waals surface area contributed by atoms with E-state index in [0.29, 0.717) is 5.71 Å². The zero-order valence-corrected chi connectivity index (χ0v) is 6.32. The molecule has 1 aliphatic rings. The Kier molecular flexibility index (Phi) is 3.72. The van der Waals surface area contributed by atoms with Crippen molar-refractivity contribution >= 4 is 24.0 Å². The Balaban J connectivity index is 0.000000810. The zero-order valence-electron chi connectivity index (χ0n) is 5.50. The topological polar surface area (TPSA) is 62.2 Å². The Morgan fingerprint density at radius 1 is 1.70 bits per heavy atom. The Bertz CT molecular complexity index is 183. The number of nitrogens with one attached hydrogen (secondary N) is 1. The van der Waals surface area contributed by atoms with Crippen molar-refractivity contribution in [2.24, 2.45) is 10.7 Å². The molecule has 0 saturated carbocycles. The third-order valence-corrected chi connectivity index (χ3v) is 1.19. The first kappa shape index (κ1) is 9.17. The lowest BCUT2D eigenvalue weighted by Crippen LogP contribution is -2.22. The van der Waals surface area contributed by atoms with E-state index in [0.717, 1.165) is 12.8 Å². The SMILES string of the molecule is Cl.N=C(N)C1=NC=CCC1. The van der Waals surface area contributed by atoms with E-state index in [2.05, 4.69) is 4.99 Å². The predicted octanol–water partition coefficient (Wildman–Crippen LogP) is 1.09. The first-order valence-corrected chi connectivity index (χ1v) is 2.87. The highest BCUT2D eigenvalue weighted by atomic mass is 35.5. The van der Waals surface area contributed by atoms with Crippen LogP contribution in [0.5, 0.6) is 0 Å². The maximum Gasteiger partial charge on any atom is 0.137 e. The van der Waals surface area contributed by atoms with E-state index in [1.54, 1.807) is 6.20 Å². The van der Waals surface area contributed by atoms with E-state index in [-0.39, 0.29) is 18.2 Å². The lowest BCUT2D eigenvalue weighted by Gasteiger charge is -2.03. The van der Waals surface area contributed by atoms with Gasteiger partial charge in [-0.15, -0.1) is 12.4 Å². The fourth-order valence-corrected chi connectivity index (χ4v) is 0.706. The van der Waals surface area contributed by atoms with Gasteiger partial charge in [0.1, 0.15) is 5.84 Å². The van der Waals surface area contributed by atoms with E-state index < -0.39 is 0 Å². The van der Waals surface area contributed by atoms with Crippen LogP contribution in [0, 0.1) is 5.41 Å².